The Morgan fingerprint density at radius 3 is 2.64 bits per heavy atom. The van der Waals surface area contributed by atoms with E-state index in [1.807, 2.05) is 0 Å². The van der Waals surface area contributed by atoms with Gasteiger partial charge in [0.1, 0.15) is 0 Å². The molecule has 76 valence electrons. The smallest absolute Gasteiger partial charge is 0.0257 e. The molecule has 14 heavy (non-hydrogen) atoms. The summed E-state index contributed by atoms with van der Waals surface area (Å²) in [5, 5.41) is 0. The first kappa shape index (κ1) is 10.0. The van der Waals surface area contributed by atoms with Crippen LogP contribution in [0.25, 0.3) is 0 Å². The molecule has 0 radical (unpaired) electrons. The normalized spacial score (nSPS) is 30.3. The molecule has 1 aliphatic rings. The molecule has 1 aliphatic carbocycles. The number of hydrogen-bond acceptors (Lipinski definition) is 0. The molecule has 2 rings (SSSR count). The quantitative estimate of drug-likeness (QED) is 0.659. The SMILES string of the molecule is CC1(CCc2ccccc2)CC1CCl. The van der Waals surface area contributed by atoms with E-state index in [9.17, 15) is 0 Å². The molecule has 0 heterocycles. The van der Waals surface area contributed by atoms with E-state index in [0.29, 0.717) is 5.41 Å². The second-order valence-electron chi connectivity index (χ2n) is 4.69. The van der Waals surface area contributed by atoms with Crippen molar-refractivity contribution in [2.24, 2.45) is 11.3 Å². The minimum Gasteiger partial charge on any atom is -0.126 e. The number of aryl methyl sites for hydroxylation is 1. The summed E-state index contributed by atoms with van der Waals surface area (Å²) in [6.07, 6.45) is 3.81. The van der Waals surface area contributed by atoms with Gasteiger partial charge in [-0.25, -0.2) is 0 Å². The zero-order chi connectivity index (χ0) is 10.0. The first-order valence-corrected chi connectivity index (χ1v) is 5.88. The molecule has 0 saturated heterocycles. The van der Waals surface area contributed by atoms with Gasteiger partial charge < -0.3 is 0 Å². The molecule has 0 nitrogen and oxygen atoms in total. The van der Waals surface area contributed by atoms with E-state index in [1.54, 1.807) is 0 Å². The maximum absolute atomic E-state index is 5.87. The fraction of sp³-hybridized carbons (Fsp3) is 0.538. The number of halogens is 1. The third-order valence-electron chi connectivity index (χ3n) is 3.55. The topological polar surface area (TPSA) is 0 Å². The van der Waals surface area contributed by atoms with Gasteiger partial charge in [0, 0.05) is 5.88 Å². The molecule has 0 bridgehead atoms. The number of hydrogen-bond donors (Lipinski definition) is 0. The highest BCUT2D eigenvalue weighted by Crippen LogP contribution is 2.55. The molecule has 1 heteroatoms. The zero-order valence-corrected chi connectivity index (χ0v) is 9.43. The molecule has 1 fully saturated rings. The van der Waals surface area contributed by atoms with E-state index in [0.717, 1.165) is 11.8 Å². The summed E-state index contributed by atoms with van der Waals surface area (Å²) in [4.78, 5) is 0. The van der Waals surface area contributed by atoms with Crippen LogP contribution in [0.15, 0.2) is 30.3 Å². The lowest BCUT2D eigenvalue weighted by atomic mass is 9.97. The lowest BCUT2D eigenvalue weighted by molar-refractivity contribution is 0.477. The molecule has 0 aromatic heterocycles. The molecule has 2 atom stereocenters. The van der Waals surface area contributed by atoms with Crippen molar-refractivity contribution < 1.29 is 0 Å². The molecule has 2 unspecified atom stereocenters. The number of benzene rings is 1. The van der Waals surface area contributed by atoms with E-state index in [1.165, 1.54) is 24.8 Å². The van der Waals surface area contributed by atoms with Crippen molar-refractivity contribution in [1.82, 2.24) is 0 Å². The largest absolute Gasteiger partial charge is 0.126 e. The van der Waals surface area contributed by atoms with Crippen molar-refractivity contribution in [3.05, 3.63) is 35.9 Å². The molecule has 1 aromatic carbocycles. The van der Waals surface area contributed by atoms with E-state index in [-0.39, 0.29) is 0 Å². The summed E-state index contributed by atoms with van der Waals surface area (Å²) in [5.74, 6) is 1.61. The Morgan fingerprint density at radius 1 is 1.36 bits per heavy atom. The molecular formula is C13H17Cl. The van der Waals surface area contributed by atoms with Crippen molar-refractivity contribution in [1.29, 1.82) is 0 Å². The Balaban J connectivity index is 1.84. The standard InChI is InChI=1S/C13H17Cl/c1-13(9-12(13)10-14)8-7-11-5-3-2-4-6-11/h2-6,12H,7-10H2,1H3. The van der Waals surface area contributed by atoms with E-state index < -0.39 is 0 Å². The molecule has 0 aliphatic heterocycles. The van der Waals surface area contributed by atoms with Crippen LogP contribution in [-0.4, -0.2) is 5.88 Å². The molecular weight excluding hydrogens is 192 g/mol. The summed E-state index contributed by atoms with van der Waals surface area (Å²) < 4.78 is 0. The lowest BCUT2D eigenvalue weighted by Crippen LogP contribution is -2.01. The van der Waals surface area contributed by atoms with E-state index in [2.05, 4.69) is 37.3 Å². The summed E-state index contributed by atoms with van der Waals surface area (Å²) in [6.45, 7) is 2.36. The Kier molecular flexibility index (Phi) is 2.83. The van der Waals surface area contributed by atoms with Gasteiger partial charge in [-0.05, 0) is 36.2 Å². The van der Waals surface area contributed by atoms with Crippen molar-refractivity contribution in [2.75, 3.05) is 5.88 Å². The van der Waals surface area contributed by atoms with Crippen LogP contribution in [0.1, 0.15) is 25.3 Å². The predicted molar refractivity (Wildman–Crippen MR) is 61.7 cm³/mol. The van der Waals surface area contributed by atoms with Gasteiger partial charge in [-0.3, -0.25) is 0 Å². The average Bonchev–Trinajstić information content (AvgIpc) is 2.89. The van der Waals surface area contributed by atoms with Gasteiger partial charge in [0.05, 0.1) is 0 Å². The lowest BCUT2D eigenvalue weighted by Gasteiger charge is -2.09. The van der Waals surface area contributed by atoms with Crippen LogP contribution in [0.4, 0.5) is 0 Å². The number of alkyl halides is 1. The molecule has 1 aromatic rings. The second kappa shape index (κ2) is 3.94. The Labute approximate surface area is 91.3 Å². The van der Waals surface area contributed by atoms with Crippen LogP contribution in [0.3, 0.4) is 0 Å². The van der Waals surface area contributed by atoms with Gasteiger partial charge in [-0.2, -0.15) is 0 Å². The van der Waals surface area contributed by atoms with Crippen LogP contribution in [0.2, 0.25) is 0 Å². The van der Waals surface area contributed by atoms with Crippen molar-refractivity contribution in [2.45, 2.75) is 26.2 Å². The average molecular weight is 209 g/mol. The highest BCUT2D eigenvalue weighted by molar-refractivity contribution is 6.18. The maximum atomic E-state index is 5.87. The Hall–Kier alpha value is -0.490. The summed E-state index contributed by atoms with van der Waals surface area (Å²) in [7, 11) is 0. The first-order chi connectivity index (χ1) is 6.74. The molecule has 1 saturated carbocycles. The van der Waals surface area contributed by atoms with E-state index >= 15 is 0 Å². The van der Waals surface area contributed by atoms with Crippen molar-refractivity contribution in [3.8, 4) is 0 Å². The highest BCUT2D eigenvalue weighted by atomic mass is 35.5. The summed E-state index contributed by atoms with van der Waals surface area (Å²) in [6, 6.07) is 10.7. The zero-order valence-electron chi connectivity index (χ0n) is 8.67. The molecule has 0 N–H and O–H groups in total. The third-order valence-corrected chi connectivity index (χ3v) is 3.92. The fourth-order valence-electron chi connectivity index (χ4n) is 2.13. The summed E-state index contributed by atoms with van der Waals surface area (Å²) >= 11 is 5.87. The Bertz CT molecular complexity index is 293. The minimum absolute atomic E-state index is 0.539. The second-order valence-corrected chi connectivity index (χ2v) is 5.00. The van der Waals surface area contributed by atoms with Gasteiger partial charge in [-0.15, -0.1) is 11.6 Å². The van der Waals surface area contributed by atoms with Crippen molar-refractivity contribution >= 4 is 11.6 Å². The fourth-order valence-corrected chi connectivity index (χ4v) is 2.61. The van der Waals surface area contributed by atoms with Gasteiger partial charge >= 0.3 is 0 Å². The van der Waals surface area contributed by atoms with Gasteiger partial charge in [0.15, 0.2) is 0 Å². The maximum Gasteiger partial charge on any atom is 0.0257 e. The minimum atomic E-state index is 0.539. The van der Waals surface area contributed by atoms with Crippen molar-refractivity contribution in [3.63, 3.8) is 0 Å². The first-order valence-electron chi connectivity index (χ1n) is 5.34. The van der Waals surface area contributed by atoms with Crippen LogP contribution < -0.4 is 0 Å². The molecule has 0 amide bonds. The number of rotatable bonds is 4. The summed E-state index contributed by atoms with van der Waals surface area (Å²) in [5.41, 5.74) is 1.99. The van der Waals surface area contributed by atoms with Crippen LogP contribution in [-0.2, 0) is 6.42 Å². The van der Waals surface area contributed by atoms with Crippen LogP contribution >= 0.6 is 11.6 Å². The van der Waals surface area contributed by atoms with Crippen LogP contribution in [0, 0.1) is 11.3 Å². The van der Waals surface area contributed by atoms with Gasteiger partial charge in [0.25, 0.3) is 0 Å². The van der Waals surface area contributed by atoms with Gasteiger partial charge in [-0.1, -0.05) is 37.3 Å². The monoisotopic (exact) mass is 208 g/mol. The highest BCUT2D eigenvalue weighted by Gasteiger charge is 2.48. The van der Waals surface area contributed by atoms with Gasteiger partial charge in [0.2, 0.25) is 0 Å². The predicted octanol–water partition coefficient (Wildman–Crippen LogP) is 3.88. The van der Waals surface area contributed by atoms with E-state index in [4.69, 9.17) is 11.6 Å². The Morgan fingerprint density at radius 2 is 2.07 bits per heavy atom. The third kappa shape index (κ3) is 2.12. The molecule has 0 spiro atoms. The van der Waals surface area contributed by atoms with Crippen LogP contribution in [0.5, 0.6) is 0 Å².